The van der Waals surface area contributed by atoms with Gasteiger partial charge in [0.15, 0.2) is 0 Å². The smallest absolute Gasteiger partial charge is 0.115 e. The molecule has 3 heteroatoms. The van der Waals surface area contributed by atoms with E-state index in [-0.39, 0.29) is 6.04 Å². The van der Waals surface area contributed by atoms with Crippen molar-refractivity contribution in [2.75, 3.05) is 0 Å². The van der Waals surface area contributed by atoms with Crippen LogP contribution in [-0.2, 0) is 12.8 Å². The van der Waals surface area contributed by atoms with E-state index in [2.05, 4.69) is 29.9 Å². The molecule has 0 amide bonds. The van der Waals surface area contributed by atoms with Gasteiger partial charge in [0, 0.05) is 23.9 Å². The van der Waals surface area contributed by atoms with Crippen molar-refractivity contribution in [2.45, 2.75) is 52.0 Å². The van der Waals surface area contributed by atoms with Gasteiger partial charge in [-0.1, -0.05) is 26.7 Å². The molecule has 1 unspecified atom stereocenters. The Morgan fingerprint density at radius 3 is 2.60 bits per heavy atom. The SMILES string of the molecule is CCCc1cc(CC(N)CCC)ncn1. The lowest BCUT2D eigenvalue weighted by molar-refractivity contribution is 0.592. The van der Waals surface area contributed by atoms with Crippen molar-refractivity contribution in [2.24, 2.45) is 5.73 Å². The van der Waals surface area contributed by atoms with Crippen LogP contribution in [0.25, 0.3) is 0 Å². The fourth-order valence-corrected chi connectivity index (χ4v) is 1.69. The molecule has 0 radical (unpaired) electrons. The predicted octanol–water partition coefficient (Wildman–Crippen LogP) is 2.10. The first-order chi connectivity index (χ1) is 7.26. The van der Waals surface area contributed by atoms with E-state index < -0.39 is 0 Å². The normalized spacial score (nSPS) is 12.7. The highest BCUT2D eigenvalue weighted by atomic mass is 14.8. The Kier molecular flexibility index (Phi) is 5.26. The zero-order valence-corrected chi connectivity index (χ0v) is 9.74. The molecule has 0 fully saturated rings. The molecule has 0 bridgehead atoms. The summed E-state index contributed by atoms with van der Waals surface area (Å²) in [5, 5.41) is 0. The number of nitrogens with zero attached hydrogens (tertiary/aromatic N) is 2. The average Bonchev–Trinajstić information content (AvgIpc) is 2.19. The highest BCUT2D eigenvalue weighted by molar-refractivity contribution is 5.09. The van der Waals surface area contributed by atoms with Gasteiger partial charge in [-0.05, 0) is 18.9 Å². The van der Waals surface area contributed by atoms with Crippen molar-refractivity contribution >= 4 is 0 Å². The summed E-state index contributed by atoms with van der Waals surface area (Å²) in [7, 11) is 0. The van der Waals surface area contributed by atoms with Crippen LogP contribution < -0.4 is 5.73 Å². The van der Waals surface area contributed by atoms with Gasteiger partial charge < -0.3 is 5.73 Å². The molecule has 0 aromatic carbocycles. The van der Waals surface area contributed by atoms with Crippen LogP contribution in [0, 0.1) is 0 Å². The summed E-state index contributed by atoms with van der Waals surface area (Å²) in [4.78, 5) is 8.48. The fraction of sp³-hybridized carbons (Fsp3) is 0.667. The molecule has 1 aromatic rings. The van der Waals surface area contributed by atoms with Gasteiger partial charge in [-0.2, -0.15) is 0 Å². The van der Waals surface area contributed by atoms with Gasteiger partial charge in [0.2, 0.25) is 0 Å². The highest BCUT2D eigenvalue weighted by Crippen LogP contribution is 2.05. The summed E-state index contributed by atoms with van der Waals surface area (Å²) >= 11 is 0. The second-order valence-corrected chi connectivity index (χ2v) is 4.00. The summed E-state index contributed by atoms with van der Waals surface area (Å²) in [6.45, 7) is 4.31. The first-order valence-corrected chi connectivity index (χ1v) is 5.81. The second kappa shape index (κ2) is 6.51. The van der Waals surface area contributed by atoms with Crippen LogP contribution in [0.2, 0.25) is 0 Å². The largest absolute Gasteiger partial charge is 0.327 e. The average molecular weight is 207 g/mol. The lowest BCUT2D eigenvalue weighted by Crippen LogP contribution is -2.23. The molecule has 0 saturated heterocycles. The minimum Gasteiger partial charge on any atom is -0.327 e. The maximum atomic E-state index is 5.98. The van der Waals surface area contributed by atoms with Gasteiger partial charge in [0.25, 0.3) is 0 Å². The lowest BCUT2D eigenvalue weighted by atomic mass is 10.1. The van der Waals surface area contributed by atoms with Gasteiger partial charge in [0.1, 0.15) is 6.33 Å². The number of aryl methyl sites for hydroxylation is 1. The molecule has 0 aliphatic rings. The van der Waals surface area contributed by atoms with E-state index >= 15 is 0 Å². The minimum absolute atomic E-state index is 0.236. The highest BCUT2D eigenvalue weighted by Gasteiger charge is 2.05. The maximum Gasteiger partial charge on any atom is 0.115 e. The van der Waals surface area contributed by atoms with E-state index in [1.807, 2.05) is 0 Å². The molecule has 1 heterocycles. The van der Waals surface area contributed by atoms with Crippen molar-refractivity contribution in [1.29, 1.82) is 0 Å². The van der Waals surface area contributed by atoms with Gasteiger partial charge in [-0.3, -0.25) is 0 Å². The summed E-state index contributed by atoms with van der Waals surface area (Å²) in [5.41, 5.74) is 8.19. The van der Waals surface area contributed by atoms with Crippen LogP contribution in [0.15, 0.2) is 12.4 Å². The minimum atomic E-state index is 0.236. The van der Waals surface area contributed by atoms with E-state index in [1.54, 1.807) is 6.33 Å². The number of nitrogens with two attached hydrogens (primary N) is 1. The van der Waals surface area contributed by atoms with Gasteiger partial charge in [-0.25, -0.2) is 9.97 Å². The first-order valence-electron chi connectivity index (χ1n) is 5.81. The van der Waals surface area contributed by atoms with Crippen molar-refractivity contribution in [3.63, 3.8) is 0 Å². The monoisotopic (exact) mass is 207 g/mol. The Morgan fingerprint density at radius 2 is 1.93 bits per heavy atom. The summed E-state index contributed by atoms with van der Waals surface area (Å²) in [5.74, 6) is 0. The Hall–Kier alpha value is -0.960. The van der Waals surface area contributed by atoms with Gasteiger partial charge in [0.05, 0.1) is 0 Å². The number of aromatic nitrogens is 2. The topological polar surface area (TPSA) is 51.8 Å². The zero-order valence-electron chi connectivity index (χ0n) is 9.74. The maximum absolute atomic E-state index is 5.98. The van der Waals surface area contributed by atoms with Crippen molar-refractivity contribution in [1.82, 2.24) is 9.97 Å². The Bertz CT molecular complexity index is 286. The Balaban J connectivity index is 2.56. The van der Waals surface area contributed by atoms with E-state index in [0.29, 0.717) is 0 Å². The van der Waals surface area contributed by atoms with Crippen molar-refractivity contribution in [3.05, 3.63) is 23.8 Å². The quantitative estimate of drug-likeness (QED) is 0.777. The molecule has 3 nitrogen and oxygen atoms in total. The molecule has 2 N–H and O–H groups in total. The third-order valence-electron chi connectivity index (χ3n) is 2.42. The number of rotatable bonds is 6. The van der Waals surface area contributed by atoms with Crippen LogP contribution in [-0.4, -0.2) is 16.0 Å². The third-order valence-corrected chi connectivity index (χ3v) is 2.42. The molecule has 0 spiro atoms. The first kappa shape index (κ1) is 12.1. The standard InChI is InChI=1S/C12H21N3/c1-3-5-10(13)7-12-8-11(6-4-2)14-9-15-12/h8-10H,3-7,13H2,1-2H3. The number of hydrogen-bond acceptors (Lipinski definition) is 3. The molecular formula is C12H21N3. The molecule has 0 aliphatic heterocycles. The van der Waals surface area contributed by atoms with Crippen LogP contribution >= 0.6 is 0 Å². The molecule has 1 atom stereocenters. The third kappa shape index (κ3) is 4.38. The van der Waals surface area contributed by atoms with Crippen LogP contribution in [0.5, 0.6) is 0 Å². The molecule has 15 heavy (non-hydrogen) atoms. The van der Waals surface area contributed by atoms with E-state index in [0.717, 1.165) is 43.5 Å². The zero-order chi connectivity index (χ0) is 11.1. The Labute approximate surface area is 92.1 Å². The van der Waals surface area contributed by atoms with Gasteiger partial charge >= 0.3 is 0 Å². The van der Waals surface area contributed by atoms with E-state index in [4.69, 9.17) is 5.73 Å². The van der Waals surface area contributed by atoms with E-state index in [9.17, 15) is 0 Å². The number of hydrogen-bond donors (Lipinski definition) is 1. The summed E-state index contributed by atoms with van der Waals surface area (Å²) < 4.78 is 0. The second-order valence-electron chi connectivity index (χ2n) is 4.00. The molecule has 0 aliphatic carbocycles. The Morgan fingerprint density at radius 1 is 1.20 bits per heavy atom. The predicted molar refractivity (Wildman–Crippen MR) is 62.6 cm³/mol. The van der Waals surface area contributed by atoms with E-state index in [1.165, 1.54) is 0 Å². The fourth-order valence-electron chi connectivity index (χ4n) is 1.69. The summed E-state index contributed by atoms with van der Waals surface area (Å²) in [6, 6.07) is 2.32. The van der Waals surface area contributed by atoms with Crippen LogP contribution in [0.3, 0.4) is 0 Å². The lowest BCUT2D eigenvalue weighted by Gasteiger charge is -2.09. The summed E-state index contributed by atoms with van der Waals surface area (Å²) in [6.07, 6.45) is 6.86. The van der Waals surface area contributed by atoms with Gasteiger partial charge in [-0.15, -0.1) is 0 Å². The molecule has 1 aromatic heterocycles. The van der Waals surface area contributed by atoms with Crippen LogP contribution in [0.4, 0.5) is 0 Å². The van der Waals surface area contributed by atoms with Crippen molar-refractivity contribution < 1.29 is 0 Å². The van der Waals surface area contributed by atoms with Crippen LogP contribution in [0.1, 0.15) is 44.5 Å². The molecule has 1 rings (SSSR count). The molecule has 84 valence electrons. The molecule has 0 saturated carbocycles. The molecular weight excluding hydrogens is 186 g/mol. The van der Waals surface area contributed by atoms with Crippen molar-refractivity contribution in [3.8, 4) is 0 Å².